The third-order valence-electron chi connectivity index (χ3n) is 7.12. The molecule has 2 bridgehead atoms. The minimum absolute atomic E-state index is 0.0827. The number of aromatic hydroxyl groups is 1. The van der Waals surface area contributed by atoms with Gasteiger partial charge in [0.15, 0.2) is 5.78 Å². The number of likely N-dealkylation sites (tertiary alicyclic amines) is 1. The summed E-state index contributed by atoms with van der Waals surface area (Å²) in [5.41, 5.74) is 3.34. The first-order valence-corrected chi connectivity index (χ1v) is 10.2. The van der Waals surface area contributed by atoms with Crippen LogP contribution in [0, 0.1) is 11.7 Å². The lowest BCUT2D eigenvalue weighted by molar-refractivity contribution is 0.0303. The fourth-order valence-corrected chi connectivity index (χ4v) is 5.20. The second-order valence-corrected chi connectivity index (χ2v) is 8.64. The smallest absolute Gasteiger partial charge is 0.162 e. The summed E-state index contributed by atoms with van der Waals surface area (Å²) in [6.07, 6.45) is 3.37. The summed E-state index contributed by atoms with van der Waals surface area (Å²) in [5, 5.41) is 9.95. The van der Waals surface area contributed by atoms with E-state index in [-0.39, 0.29) is 17.0 Å². The highest BCUT2D eigenvalue weighted by Gasteiger charge is 2.48. The number of carbonyl (C=O) groups is 1. The highest BCUT2D eigenvalue weighted by atomic mass is 19.1. The molecular weight excluding hydrogens is 353 g/mol. The second kappa shape index (κ2) is 7.32. The molecule has 2 aromatic carbocycles. The molecule has 1 fully saturated rings. The van der Waals surface area contributed by atoms with E-state index < -0.39 is 0 Å². The number of Topliss-reactive ketones (excluding diaryl/α,β-unsaturated/α-hetero) is 1. The van der Waals surface area contributed by atoms with Gasteiger partial charge in [0.1, 0.15) is 11.6 Å². The molecule has 2 aromatic rings. The third-order valence-corrected chi connectivity index (χ3v) is 7.12. The second-order valence-electron chi connectivity index (χ2n) is 8.64. The van der Waals surface area contributed by atoms with Crippen molar-refractivity contribution < 1.29 is 14.3 Å². The van der Waals surface area contributed by atoms with E-state index in [1.807, 2.05) is 6.07 Å². The Morgan fingerprint density at radius 3 is 2.75 bits per heavy atom. The van der Waals surface area contributed by atoms with Crippen molar-refractivity contribution in [3.63, 3.8) is 0 Å². The summed E-state index contributed by atoms with van der Waals surface area (Å²) in [6.45, 7) is 6.59. The molecule has 1 N–H and O–H groups in total. The first-order chi connectivity index (χ1) is 13.4. The average molecular weight is 381 g/mol. The molecule has 2 aliphatic rings. The van der Waals surface area contributed by atoms with Gasteiger partial charge in [0.05, 0.1) is 0 Å². The van der Waals surface area contributed by atoms with Gasteiger partial charge >= 0.3 is 0 Å². The Bertz CT molecular complexity index is 879. The Balaban J connectivity index is 1.42. The number of halogens is 1. The number of piperidine rings is 1. The van der Waals surface area contributed by atoms with Crippen LogP contribution in [0.15, 0.2) is 42.5 Å². The summed E-state index contributed by atoms with van der Waals surface area (Å²) >= 11 is 0. The van der Waals surface area contributed by atoms with Crippen LogP contribution in [0.1, 0.15) is 54.6 Å². The maximum Gasteiger partial charge on any atom is 0.162 e. The van der Waals surface area contributed by atoms with Crippen LogP contribution in [-0.2, 0) is 11.8 Å². The van der Waals surface area contributed by atoms with Crippen molar-refractivity contribution in [1.82, 2.24) is 4.90 Å². The number of rotatable bonds is 5. The van der Waals surface area contributed by atoms with Gasteiger partial charge in [-0.05, 0) is 91.2 Å². The van der Waals surface area contributed by atoms with Gasteiger partial charge in [-0.3, -0.25) is 9.69 Å². The zero-order valence-electron chi connectivity index (χ0n) is 16.6. The van der Waals surface area contributed by atoms with Gasteiger partial charge in [-0.25, -0.2) is 4.39 Å². The predicted octanol–water partition coefficient (Wildman–Crippen LogP) is 4.72. The summed E-state index contributed by atoms with van der Waals surface area (Å²) in [6, 6.07) is 12.1. The van der Waals surface area contributed by atoms with Crippen LogP contribution in [0.2, 0.25) is 0 Å². The van der Waals surface area contributed by atoms with Gasteiger partial charge in [-0.1, -0.05) is 19.9 Å². The molecular formula is C24H28FNO2. The van der Waals surface area contributed by atoms with E-state index >= 15 is 0 Å². The maximum absolute atomic E-state index is 13.0. The third kappa shape index (κ3) is 3.35. The Morgan fingerprint density at radius 1 is 1.25 bits per heavy atom. The first-order valence-electron chi connectivity index (χ1n) is 10.2. The molecule has 0 radical (unpaired) electrons. The number of nitrogens with zero attached hydrogens (tertiary/aromatic N) is 1. The predicted molar refractivity (Wildman–Crippen MR) is 108 cm³/mol. The van der Waals surface area contributed by atoms with Crippen LogP contribution < -0.4 is 0 Å². The number of hydrogen-bond donors (Lipinski definition) is 1. The van der Waals surface area contributed by atoms with Crippen molar-refractivity contribution in [2.75, 3.05) is 13.1 Å². The molecule has 28 heavy (non-hydrogen) atoms. The van der Waals surface area contributed by atoms with Crippen LogP contribution in [-0.4, -0.2) is 34.9 Å². The number of benzene rings is 2. The van der Waals surface area contributed by atoms with Gasteiger partial charge < -0.3 is 5.11 Å². The molecule has 0 unspecified atom stereocenters. The van der Waals surface area contributed by atoms with Gasteiger partial charge in [-0.2, -0.15) is 0 Å². The van der Waals surface area contributed by atoms with E-state index in [4.69, 9.17) is 0 Å². The monoisotopic (exact) mass is 381 g/mol. The number of phenols is 1. The number of phenolic OH excluding ortho intramolecular Hbond substituents is 1. The molecule has 1 heterocycles. The molecule has 1 saturated heterocycles. The molecule has 3 nitrogen and oxygen atoms in total. The van der Waals surface area contributed by atoms with Gasteiger partial charge in [0.2, 0.25) is 0 Å². The molecule has 3 atom stereocenters. The number of hydrogen-bond acceptors (Lipinski definition) is 3. The Kier molecular flexibility index (Phi) is 5.00. The van der Waals surface area contributed by atoms with E-state index in [0.29, 0.717) is 29.7 Å². The molecule has 148 valence electrons. The van der Waals surface area contributed by atoms with Crippen molar-refractivity contribution in [2.45, 2.75) is 51.0 Å². The maximum atomic E-state index is 13.0. The van der Waals surface area contributed by atoms with E-state index in [0.717, 1.165) is 32.4 Å². The van der Waals surface area contributed by atoms with Gasteiger partial charge in [0, 0.05) is 18.0 Å². The molecule has 1 aliphatic heterocycles. The van der Waals surface area contributed by atoms with Crippen LogP contribution in [0.5, 0.6) is 5.75 Å². The van der Waals surface area contributed by atoms with Crippen molar-refractivity contribution in [1.29, 1.82) is 0 Å². The van der Waals surface area contributed by atoms with Crippen molar-refractivity contribution in [3.8, 4) is 5.75 Å². The topological polar surface area (TPSA) is 40.5 Å². The summed E-state index contributed by atoms with van der Waals surface area (Å²) < 4.78 is 13.0. The fraction of sp³-hybridized carbons (Fsp3) is 0.458. The Labute approximate surface area is 166 Å². The van der Waals surface area contributed by atoms with Crippen LogP contribution in [0.4, 0.5) is 4.39 Å². The lowest BCUT2D eigenvalue weighted by atomic mass is 9.59. The molecule has 0 saturated carbocycles. The van der Waals surface area contributed by atoms with Gasteiger partial charge in [0.25, 0.3) is 0 Å². The Hall–Kier alpha value is -2.20. The molecule has 4 heteroatoms. The van der Waals surface area contributed by atoms with Crippen molar-refractivity contribution >= 4 is 5.78 Å². The SMILES string of the molecule is C[C@@H]1[C@@H]2Cc3ccc(O)cc3[C@@]1(C)CCN2CCCC(=O)c1ccc(F)cc1. The van der Waals surface area contributed by atoms with Crippen LogP contribution in [0.3, 0.4) is 0 Å². The summed E-state index contributed by atoms with van der Waals surface area (Å²) in [5.74, 6) is 0.628. The highest BCUT2D eigenvalue weighted by Crippen LogP contribution is 2.49. The number of ketones is 1. The van der Waals surface area contributed by atoms with Crippen LogP contribution in [0.25, 0.3) is 0 Å². The largest absolute Gasteiger partial charge is 0.508 e. The average Bonchev–Trinajstić information content (AvgIpc) is 2.67. The van der Waals surface area contributed by atoms with Crippen molar-refractivity contribution in [2.24, 2.45) is 5.92 Å². The van der Waals surface area contributed by atoms with E-state index in [1.54, 1.807) is 18.2 Å². The van der Waals surface area contributed by atoms with E-state index in [1.165, 1.54) is 23.3 Å². The molecule has 0 spiro atoms. The molecule has 0 aromatic heterocycles. The molecule has 4 rings (SSSR count). The quantitative estimate of drug-likeness (QED) is 0.762. The normalized spacial score (nSPS) is 26.7. The number of fused-ring (bicyclic) bond motifs is 4. The highest BCUT2D eigenvalue weighted by molar-refractivity contribution is 5.95. The Morgan fingerprint density at radius 2 is 2.00 bits per heavy atom. The van der Waals surface area contributed by atoms with E-state index in [9.17, 15) is 14.3 Å². The zero-order valence-corrected chi connectivity index (χ0v) is 16.6. The minimum Gasteiger partial charge on any atom is -0.508 e. The molecule has 0 amide bonds. The van der Waals surface area contributed by atoms with Crippen LogP contribution >= 0.6 is 0 Å². The van der Waals surface area contributed by atoms with E-state index in [2.05, 4.69) is 24.8 Å². The fourth-order valence-electron chi connectivity index (χ4n) is 5.20. The number of carbonyl (C=O) groups excluding carboxylic acids is 1. The standard InChI is InChI=1S/C24H28FNO2/c1-16-22-14-18-7-10-20(27)15-21(18)24(16,2)11-13-26(22)12-3-4-23(28)17-5-8-19(25)9-6-17/h5-10,15-16,22,27H,3-4,11-14H2,1-2H3/t16-,22+,24+/m1/s1. The lowest BCUT2D eigenvalue weighted by Gasteiger charge is -2.54. The first kappa shape index (κ1) is 19.1. The van der Waals surface area contributed by atoms with Crippen molar-refractivity contribution in [3.05, 3.63) is 65.0 Å². The minimum atomic E-state index is -0.312. The molecule has 1 aliphatic carbocycles. The lowest BCUT2D eigenvalue weighted by Crippen LogP contribution is -2.58. The zero-order chi connectivity index (χ0) is 19.9. The van der Waals surface area contributed by atoms with Gasteiger partial charge in [-0.15, -0.1) is 0 Å². The summed E-state index contributed by atoms with van der Waals surface area (Å²) in [4.78, 5) is 14.9. The summed E-state index contributed by atoms with van der Waals surface area (Å²) in [7, 11) is 0.